The molecule has 0 atom stereocenters. The van der Waals surface area contributed by atoms with Crippen molar-refractivity contribution >= 4 is 27.2 Å². The lowest BCUT2D eigenvalue weighted by Gasteiger charge is -1.96. The second-order valence-electron chi connectivity index (χ2n) is 3.38. The molecule has 3 rings (SSSR count). The Balaban J connectivity index is 2.18. The van der Waals surface area contributed by atoms with E-state index in [4.69, 9.17) is 5.73 Å². The van der Waals surface area contributed by atoms with Gasteiger partial charge >= 0.3 is 0 Å². The molecule has 0 amide bonds. The highest BCUT2D eigenvalue weighted by Crippen LogP contribution is 2.26. The predicted octanol–water partition coefficient (Wildman–Crippen LogP) is 2.87. The third kappa shape index (κ3) is 1.39. The fraction of sp³-hybridized carbons (Fsp3) is 0. The van der Waals surface area contributed by atoms with E-state index in [2.05, 4.69) is 39.8 Å². The van der Waals surface area contributed by atoms with Crippen molar-refractivity contribution in [2.24, 2.45) is 0 Å². The number of nitrogens with zero attached hydrogens (tertiary/aromatic N) is 1. The van der Waals surface area contributed by atoms with Gasteiger partial charge in [0.2, 0.25) is 0 Å². The summed E-state index contributed by atoms with van der Waals surface area (Å²) in [6, 6.07) is 10.3. The van der Waals surface area contributed by atoms with Crippen molar-refractivity contribution in [2.45, 2.75) is 0 Å². The number of thiophene rings is 1. The number of nitrogen functional groups attached to an aromatic ring is 1. The van der Waals surface area contributed by atoms with Gasteiger partial charge in [0.25, 0.3) is 0 Å². The Morgan fingerprint density at radius 1 is 1.20 bits per heavy atom. The highest BCUT2D eigenvalue weighted by atomic mass is 32.1. The van der Waals surface area contributed by atoms with Gasteiger partial charge in [0.15, 0.2) is 0 Å². The van der Waals surface area contributed by atoms with Gasteiger partial charge in [-0.3, -0.25) is 5.10 Å². The van der Waals surface area contributed by atoms with Crippen LogP contribution in [0, 0.1) is 0 Å². The van der Waals surface area contributed by atoms with Gasteiger partial charge in [0, 0.05) is 16.3 Å². The molecular weight excluding hydrogens is 206 g/mol. The Labute approximate surface area is 90.5 Å². The summed E-state index contributed by atoms with van der Waals surface area (Å²) in [5.74, 6) is 0.524. The summed E-state index contributed by atoms with van der Waals surface area (Å²) in [6.45, 7) is 0. The third-order valence-electron chi connectivity index (χ3n) is 2.36. The molecule has 3 nitrogen and oxygen atoms in total. The molecule has 74 valence electrons. The number of nitrogens with one attached hydrogen (secondary N) is 1. The number of fused-ring (bicyclic) bond motifs is 1. The second-order valence-corrected chi connectivity index (χ2v) is 4.33. The van der Waals surface area contributed by atoms with Crippen LogP contribution < -0.4 is 5.73 Å². The van der Waals surface area contributed by atoms with Crippen molar-refractivity contribution in [1.29, 1.82) is 0 Å². The normalized spacial score (nSPS) is 10.9. The summed E-state index contributed by atoms with van der Waals surface area (Å²) in [5.41, 5.74) is 7.64. The number of aromatic amines is 1. The van der Waals surface area contributed by atoms with Crippen LogP contribution in [-0.2, 0) is 0 Å². The number of aromatic nitrogens is 2. The first-order valence-electron chi connectivity index (χ1n) is 4.61. The van der Waals surface area contributed by atoms with Crippen molar-refractivity contribution in [1.82, 2.24) is 10.2 Å². The molecule has 0 bridgehead atoms. The fourth-order valence-electron chi connectivity index (χ4n) is 1.62. The van der Waals surface area contributed by atoms with Crippen LogP contribution in [-0.4, -0.2) is 10.2 Å². The number of nitrogens with two attached hydrogens (primary N) is 1. The first kappa shape index (κ1) is 8.49. The summed E-state index contributed by atoms with van der Waals surface area (Å²) in [7, 11) is 0. The quantitative estimate of drug-likeness (QED) is 0.655. The zero-order valence-corrected chi connectivity index (χ0v) is 8.71. The van der Waals surface area contributed by atoms with Crippen molar-refractivity contribution in [2.75, 3.05) is 5.73 Å². The van der Waals surface area contributed by atoms with Crippen molar-refractivity contribution in [3.05, 3.63) is 35.7 Å². The highest BCUT2D eigenvalue weighted by molar-refractivity contribution is 7.17. The molecule has 3 aromatic rings. The van der Waals surface area contributed by atoms with E-state index in [1.807, 2.05) is 6.07 Å². The minimum Gasteiger partial charge on any atom is -0.382 e. The standard InChI is InChI=1S/C11H9N3S/c12-11-6-9(13-14-11)7-1-2-10-8(5-7)3-4-15-10/h1-6H,(H3,12,13,14). The van der Waals surface area contributed by atoms with Gasteiger partial charge in [-0.15, -0.1) is 11.3 Å². The lowest BCUT2D eigenvalue weighted by molar-refractivity contribution is 1.10. The summed E-state index contributed by atoms with van der Waals surface area (Å²) < 4.78 is 1.30. The predicted molar refractivity (Wildman–Crippen MR) is 63.8 cm³/mol. The van der Waals surface area contributed by atoms with E-state index in [0.717, 1.165) is 11.3 Å². The molecule has 0 radical (unpaired) electrons. The molecular formula is C11H9N3S. The molecule has 0 aliphatic rings. The first-order valence-corrected chi connectivity index (χ1v) is 5.49. The number of anilines is 1. The molecule has 4 heteroatoms. The summed E-state index contributed by atoms with van der Waals surface area (Å²) >= 11 is 1.75. The van der Waals surface area contributed by atoms with E-state index in [0.29, 0.717) is 5.82 Å². The molecule has 2 heterocycles. The highest BCUT2D eigenvalue weighted by Gasteiger charge is 2.02. The SMILES string of the molecule is Nc1cc(-c2ccc3sccc3c2)[nH]n1. The van der Waals surface area contributed by atoms with Crippen LogP contribution in [0.3, 0.4) is 0 Å². The van der Waals surface area contributed by atoms with Crippen molar-refractivity contribution in [3.63, 3.8) is 0 Å². The van der Waals surface area contributed by atoms with Gasteiger partial charge in [0.1, 0.15) is 5.82 Å². The van der Waals surface area contributed by atoms with Crippen LogP contribution in [0.1, 0.15) is 0 Å². The van der Waals surface area contributed by atoms with Gasteiger partial charge in [-0.05, 0) is 29.0 Å². The first-order chi connectivity index (χ1) is 7.33. The van der Waals surface area contributed by atoms with E-state index in [9.17, 15) is 0 Å². The van der Waals surface area contributed by atoms with E-state index in [1.165, 1.54) is 10.1 Å². The topological polar surface area (TPSA) is 54.7 Å². The zero-order chi connectivity index (χ0) is 10.3. The van der Waals surface area contributed by atoms with E-state index in [-0.39, 0.29) is 0 Å². The number of hydrogen-bond acceptors (Lipinski definition) is 3. The smallest absolute Gasteiger partial charge is 0.145 e. The summed E-state index contributed by atoms with van der Waals surface area (Å²) in [5, 5.41) is 10.2. The average molecular weight is 215 g/mol. The van der Waals surface area contributed by atoms with Crippen LogP contribution in [0.2, 0.25) is 0 Å². The lowest BCUT2D eigenvalue weighted by Crippen LogP contribution is -1.81. The van der Waals surface area contributed by atoms with Gasteiger partial charge in [-0.25, -0.2) is 0 Å². The molecule has 0 aliphatic heterocycles. The summed E-state index contributed by atoms with van der Waals surface area (Å²) in [4.78, 5) is 0. The molecule has 15 heavy (non-hydrogen) atoms. The Morgan fingerprint density at radius 3 is 2.93 bits per heavy atom. The molecule has 0 spiro atoms. The Bertz CT molecular complexity index is 609. The Kier molecular flexibility index (Phi) is 1.76. The molecule has 0 saturated carbocycles. The molecule has 0 fully saturated rings. The number of hydrogen-bond donors (Lipinski definition) is 2. The maximum atomic E-state index is 5.57. The largest absolute Gasteiger partial charge is 0.382 e. The maximum absolute atomic E-state index is 5.57. The van der Waals surface area contributed by atoms with Crippen molar-refractivity contribution in [3.8, 4) is 11.3 Å². The van der Waals surface area contributed by atoms with Crippen LogP contribution in [0.25, 0.3) is 21.3 Å². The van der Waals surface area contributed by atoms with Crippen LogP contribution >= 0.6 is 11.3 Å². The third-order valence-corrected chi connectivity index (χ3v) is 3.26. The molecule has 3 N–H and O–H groups in total. The van der Waals surface area contributed by atoms with Gasteiger partial charge in [-0.2, -0.15) is 5.10 Å². The van der Waals surface area contributed by atoms with E-state index >= 15 is 0 Å². The Morgan fingerprint density at radius 2 is 2.13 bits per heavy atom. The second kappa shape index (κ2) is 3.10. The van der Waals surface area contributed by atoms with Crippen molar-refractivity contribution < 1.29 is 0 Å². The fourth-order valence-corrected chi connectivity index (χ4v) is 2.39. The summed E-state index contributed by atoms with van der Waals surface area (Å²) in [6.07, 6.45) is 0. The maximum Gasteiger partial charge on any atom is 0.145 e. The van der Waals surface area contributed by atoms with Gasteiger partial charge < -0.3 is 5.73 Å². The van der Waals surface area contributed by atoms with Crippen LogP contribution in [0.15, 0.2) is 35.7 Å². The molecule has 0 aliphatic carbocycles. The van der Waals surface area contributed by atoms with E-state index < -0.39 is 0 Å². The van der Waals surface area contributed by atoms with Gasteiger partial charge in [0.05, 0.1) is 5.69 Å². The van der Waals surface area contributed by atoms with Crippen LogP contribution in [0.5, 0.6) is 0 Å². The minimum absolute atomic E-state index is 0.524. The molecule has 1 aromatic carbocycles. The Hall–Kier alpha value is -1.81. The molecule has 0 unspecified atom stereocenters. The van der Waals surface area contributed by atoms with Crippen LogP contribution in [0.4, 0.5) is 5.82 Å². The number of rotatable bonds is 1. The minimum atomic E-state index is 0.524. The molecule has 0 saturated heterocycles. The number of benzene rings is 1. The van der Waals surface area contributed by atoms with Gasteiger partial charge in [-0.1, -0.05) is 6.07 Å². The number of H-pyrrole nitrogens is 1. The average Bonchev–Trinajstić information content (AvgIpc) is 2.84. The van der Waals surface area contributed by atoms with E-state index in [1.54, 1.807) is 11.3 Å². The molecule has 2 aromatic heterocycles. The lowest BCUT2D eigenvalue weighted by atomic mass is 10.1. The zero-order valence-electron chi connectivity index (χ0n) is 7.90. The monoisotopic (exact) mass is 215 g/mol.